The molecule has 0 radical (unpaired) electrons. The van der Waals surface area contributed by atoms with Crippen LogP contribution in [0.3, 0.4) is 0 Å². The normalized spacial score (nSPS) is 11.7. The number of amides is 1. The van der Waals surface area contributed by atoms with E-state index < -0.39 is 5.82 Å². The van der Waals surface area contributed by atoms with Crippen molar-refractivity contribution in [3.05, 3.63) is 57.8 Å². The van der Waals surface area contributed by atoms with Crippen LogP contribution in [0.1, 0.15) is 18.5 Å². The Morgan fingerprint density at radius 2 is 2.04 bits per heavy atom. The zero-order chi connectivity index (χ0) is 19.1. The number of nitrogens with one attached hydrogen (secondary N) is 2. The van der Waals surface area contributed by atoms with Crippen LogP contribution < -0.4 is 10.6 Å². The zero-order valence-corrected chi connectivity index (χ0v) is 16.2. The summed E-state index contributed by atoms with van der Waals surface area (Å²) in [6.45, 7) is 1.79. The minimum absolute atomic E-state index is 0.0129. The van der Waals surface area contributed by atoms with E-state index in [4.69, 9.17) is 28.5 Å². The summed E-state index contributed by atoms with van der Waals surface area (Å²) in [5.74, 6) is -0.525. The maximum Gasteiger partial charge on any atom is 0.238 e. The summed E-state index contributed by atoms with van der Waals surface area (Å²) >= 11 is 13.1. The van der Waals surface area contributed by atoms with Crippen LogP contribution in [0.2, 0.25) is 10.0 Å². The van der Waals surface area contributed by atoms with Gasteiger partial charge in [-0.05, 0) is 36.8 Å². The molecule has 0 spiro atoms. The van der Waals surface area contributed by atoms with Crippen molar-refractivity contribution in [1.29, 1.82) is 5.26 Å². The molecule has 26 heavy (non-hydrogen) atoms. The number of para-hydroxylation sites is 1. The number of carbonyl (C=O) groups excluding carboxylic acids is 1. The van der Waals surface area contributed by atoms with E-state index in [0.717, 1.165) is 4.90 Å². The van der Waals surface area contributed by atoms with Crippen LogP contribution in [0.15, 0.2) is 41.3 Å². The number of rotatable bonds is 7. The molecule has 0 aromatic heterocycles. The average Bonchev–Trinajstić information content (AvgIpc) is 2.62. The molecule has 2 aromatic carbocycles. The van der Waals surface area contributed by atoms with E-state index in [9.17, 15) is 9.18 Å². The first-order chi connectivity index (χ1) is 12.4. The first-order valence-electron chi connectivity index (χ1n) is 7.68. The number of halogens is 3. The van der Waals surface area contributed by atoms with Gasteiger partial charge < -0.3 is 10.6 Å². The van der Waals surface area contributed by atoms with Crippen molar-refractivity contribution in [2.75, 3.05) is 17.6 Å². The third-order valence-corrected chi connectivity index (χ3v) is 5.09. The van der Waals surface area contributed by atoms with Crippen molar-refractivity contribution in [2.24, 2.45) is 0 Å². The number of thioether (sulfide) groups is 1. The summed E-state index contributed by atoms with van der Waals surface area (Å²) in [6.07, 6.45) is 0. The van der Waals surface area contributed by atoms with Gasteiger partial charge in [0.2, 0.25) is 5.91 Å². The van der Waals surface area contributed by atoms with Gasteiger partial charge in [0.15, 0.2) is 0 Å². The number of nitrogens with zero attached hydrogens (tertiary/aromatic N) is 1. The van der Waals surface area contributed by atoms with Crippen molar-refractivity contribution in [1.82, 2.24) is 5.32 Å². The van der Waals surface area contributed by atoms with E-state index in [2.05, 4.69) is 16.7 Å². The summed E-state index contributed by atoms with van der Waals surface area (Å²) in [5, 5.41) is 14.8. The molecular formula is C18H16Cl2FN3OS. The van der Waals surface area contributed by atoms with Crippen LogP contribution in [0.4, 0.5) is 10.1 Å². The monoisotopic (exact) mass is 411 g/mol. The van der Waals surface area contributed by atoms with Crippen LogP contribution in [0, 0.1) is 17.1 Å². The molecule has 0 unspecified atom stereocenters. The van der Waals surface area contributed by atoms with Crippen LogP contribution in [-0.2, 0) is 4.79 Å². The van der Waals surface area contributed by atoms with E-state index in [1.165, 1.54) is 23.9 Å². The molecule has 0 aliphatic heterocycles. The largest absolute Gasteiger partial charge is 0.324 e. The molecule has 136 valence electrons. The molecular weight excluding hydrogens is 396 g/mol. The van der Waals surface area contributed by atoms with Gasteiger partial charge in [0.05, 0.1) is 29.1 Å². The van der Waals surface area contributed by atoms with Gasteiger partial charge in [-0.25, -0.2) is 4.39 Å². The molecule has 1 amide bonds. The lowest BCUT2D eigenvalue weighted by Gasteiger charge is -2.16. The standard InChI is InChI=1S/C18H16Cl2FN3OS/c1-11(12-8-15(21)14(20)9-13(12)19)23-10-18(25)24-16-4-2-3-5-17(16)26-7-6-22/h2-5,8-9,11,23H,7,10H2,1H3,(H,24,25)/t11-/m0/s1. The second kappa shape index (κ2) is 9.79. The quantitative estimate of drug-likeness (QED) is 0.494. The Balaban J connectivity index is 1.97. The molecule has 4 nitrogen and oxygen atoms in total. The van der Waals surface area contributed by atoms with Crippen LogP contribution in [0.25, 0.3) is 0 Å². The Hall–Kier alpha value is -1.78. The highest BCUT2D eigenvalue weighted by molar-refractivity contribution is 7.99. The number of anilines is 1. The number of hydrogen-bond acceptors (Lipinski definition) is 4. The second-order valence-electron chi connectivity index (χ2n) is 5.38. The number of carbonyl (C=O) groups is 1. The third-order valence-electron chi connectivity index (χ3n) is 3.53. The minimum Gasteiger partial charge on any atom is -0.324 e. The predicted molar refractivity (Wildman–Crippen MR) is 104 cm³/mol. The summed E-state index contributed by atoms with van der Waals surface area (Å²) in [6, 6.07) is 11.6. The van der Waals surface area contributed by atoms with E-state index >= 15 is 0 Å². The summed E-state index contributed by atoms with van der Waals surface area (Å²) < 4.78 is 13.6. The van der Waals surface area contributed by atoms with Crippen molar-refractivity contribution >= 4 is 46.6 Å². The molecule has 2 aromatic rings. The highest BCUT2D eigenvalue weighted by Gasteiger charge is 2.15. The van der Waals surface area contributed by atoms with Crippen LogP contribution in [-0.4, -0.2) is 18.2 Å². The fourth-order valence-electron chi connectivity index (χ4n) is 2.23. The average molecular weight is 412 g/mol. The molecule has 0 heterocycles. The van der Waals surface area contributed by atoms with Gasteiger partial charge in [-0.3, -0.25) is 4.79 Å². The molecule has 0 saturated heterocycles. The van der Waals surface area contributed by atoms with Crippen LogP contribution >= 0.6 is 35.0 Å². The molecule has 0 aliphatic rings. The lowest BCUT2D eigenvalue weighted by atomic mass is 10.1. The lowest BCUT2D eigenvalue weighted by molar-refractivity contribution is -0.115. The Kier molecular flexibility index (Phi) is 7.73. The van der Waals surface area contributed by atoms with Gasteiger partial charge in [-0.15, -0.1) is 11.8 Å². The smallest absolute Gasteiger partial charge is 0.238 e. The van der Waals surface area contributed by atoms with Gasteiger partial charge in [0, 0.05) is 16.0 Å². The Labute approximate surface area is 165 Å². The molecule has 0 saturated carbocycles. The summed E-state index contributed by atoms with van der Waals surface area (Å²) in [5.41, 5.74) is 1.16. The zero-order valence-electron chi connectivity index (χ0n) is 13.9. The number of nitriles is 1. The number of benzene rings is 2. The first-order valence-corrected chi connectivity index (χ1v) is 9.43. The molecule has 0 fully saturated rings. The van der Waals surface area contributed by atoms with E-state index in [-0.39, 0.29) is 23.5 Å². The molecule has 0 aliphatic carbocycles. The molecule has 0 bridgehead atoms. The maximum absolute atomic E-state index is 13.6. The molecule has 1 atom stereocenters. The van der Waals surface area contributed by atoms with Crippen molar-refractivity contribution in [3.63, 3.8) is 0 Å². The first kappa shape index (κ1) is 20.5. The van der Waals surface area contributed by atoms with Gasteiger partial charge >= 0.3 is 0 Å². The molecule has 8 heteroatoms. The van der Waals surface area contributed by atoms with Gasteiger partial charge in [-0.1, -0.05) is 35.3 Å². The predicted octanol–water partition coefficient (Wildman–Crippen LogP) is 5.04. The van der Waals surface area contributed by atoms with Crippen molar-refractivity contribution in [3.8, 4) is 6.07 Å². The van der Waals surface area contributed by atoms with Crippen molar-refractivity contribution < 1.29 is 9.18 Å². The second-order valence-corrected chi connectivity index (χ2v) is 7.21. The third kappa shape index (κ3) is 5.61. The van der Waals surface area contributed by atoms with E-state index in [1.54, 1.807) is 19.1 Å². The fraction of sp³-hybridized carbons (Fsp3) is 0.222. The lowest BCUT2D eigenvalue weighted by Crippen LogP contribution is -2.30. The Morgan fingerprint density at radius 3 is 2.77 bits per heavy atom. The van der Waals surface area contributed by atoms with E-state index in [1.807, 2.05) is 12.1 Å². The summed E-state index contributed by atoms with van der Waals surface area (Å²) in [7, 11) is 0. The van der Waals surface area contributed by atoms with Gasteiger partial charge in [-0.2, -0.15) is 5.26 Å². The maximum atomic E-state index is 13.6. The van der Waals surface area contributed by atoms with Gasteiger partial charge in [0.25, 0.3) is 0 Å². The van der Waals surface area contributed by atoms with Crippen LogP contribution in [0.5, 0.6) is 0 Å². The Bertz CT molecular complexity index is 842. The highest BCUT2D eigenvalue weighted by Crippen LogP contribution is 2.29. The molecule has 2 rings (SSSR count). The van der Waals surface area contributed by atoms with E-state index in [0.29, 0.717) is 22.0 Å². The Morgan fingerprint density at radius 1 is 1.31 bits per heavy atom. The highest BCUT2D eigenvalue weighted by atomic mass is 35.5. The topological polar surface area (TPSA) is 64.9 Å². The number of hydrogen-bond donors (Lipinski definition) is 2. The van der Waals surface area contributed by atoms with Crippen molar-refractivity contribution in [2.45, 2.75) is 17.9 Å². The fourth-order valence-corrected chi connectivity index (χ4v) is 3.44. The SMILES string of the molecule is C[C@H](NCC(=O)Nc1ccccc1SCC#N)c1cc(F)c(Cl)cc1Cl. The minimum atomic E-state index is -0.562. The molecule has 2 N–H and O–H groups in total. The summed E-state index contributed by atoms with van der Waals surface area (Å²) in [4.78, 5) is 13.0. The van der Waals surface area contributed by atoms with Gasteiger partial charge in [0.1, 0.15) is 5.82 Å².